The number of carboxylic acid groups (broad SMARTS) is 1. The highest BCUT2D eigenvalue weighted by atomic mass is 35.5. The number of carboxylic acids is 1. The minimum Gasteiger partial charge on any atom is -0.478 e. The van der Waals surface area contributed by atoms with Crippen LogP contribution in [0.4, 0.5) is 13.2 Å². The summed E-state index contributed by atoms with van der Waals surface area (Å²) in [5.41, 5.74) is 1.37. The maximum absolute atomic E-state index is 13.1. The van der Waals surface area contributed by atoms with Crippen molar-refractivity contribution in [2.75, 3.05) is 0 Å². The first kappa shape index (κ1) is 17.4. The predicted octanol–water partition coefficient (Wildman–Crippen LogP) is 5.11. The van der Waals surface area contributed by atoms with E-state index in [9.17, 15) is 23.1 Å². The number of hydrogen-bond donors (Lipinski definition) is 1. The van der Waals surface area contributed by atoms with E-state index in [2.05, 4.69) is 0 Å². The number of aliphatic carboxylic acids is 1. The second-order valence-electron chi connectivity index (χ2n) is 5.65. The van der Waals surface area contributed by atoms with Crippen LogP contribution in [0.5, 0.6) is 5.75 Å². The van der Waals surface area contributed by atoms with Gasteiger partial charge in [0.2, 0.25) is 6.10 Å². The van der Waals surface area contributed by atoms with Crippen LogP contribution in [0.3, 0.4) is 0 Å². The molecule has 3 nitrogen and oxygen atoms in total. The number of alkyl halides is 3. The summed E-state index contributed by atoms with van der Waals surface area (Å²) in [5, 5.41) is 9.48. The molecule has 2 aromatic rings. The Morgan fingerprint density at radius 1 is 1.24 bits per heavy atom. The Hall–Kier alpha value is -2.47. The molecule has 1 atom stereocenters. The van der Waals surface area contributed by atoms with E-state index in [0.717, 1.165) is 11.6 Å². The van der Waals surface area contributed by atoms with Crippen LogP contribution < -0.4 is 4.74 Å². The molecule has 1 aliphatic rings. The van der Waals surface area contributed by atoms with Gasteiger partial charge in [0.15, 0.2) is 0 Å². The highest BCUT2D eigenvalue weighted by Crippen LogP contribution is 2.44. The van der Waals surface area contributed by atoms with Gasteiger partial charge in [-0.05, 0) is 30.7 Å². The van der Waals surface area contributed by atoms with E-state index >= 15 is 0 Å². The molecule has 1 N–H and O–H groups in total. The van der Waals surface area contributed by atoms with Crippen molar-refractivity contribution in [1.82, 2.24) is 0 Å². The Bertz CT molecular complexity index is 888. The molecule has 0 saturated heterocycles. The van der Waals surface area contributed by atoms with Gasteiger partial charge in [0, 0.05) is 16.1 Å². The zero-order chi connectivity index (χ0) is 18.4. The molecule has 7 heteroatoms. The second kappa shape index (κ2) is 6.11. The van der Waals surface area contributed by atoms with Crippen LogP contribution in [-0.4, -0.2) is 23.4 Å². The van der Waals surface area contributed by atoms with Crippen LogP contribution >= 0.6 is 11.6 Å². The van der Waals surface area contributed by atoms with E-state index in [4.69, 9.17) is 16.3 Å². The topological polar surface area (TPSA) is 46.5 Å². The number of carbonyl (C=O) groups is 1. The third kappa shape index (κ3) is 3.22. The number of hydrogen-bond acceptors (Lipinski definition) is 2. The molecule has 0 aromatic heterocycles. The highest BCUT2D eigenvalue weighted by Gasteiger charge is 2.48. The predicted molar refractivity (Wildman–Crippen MR) is 87.7 cm³/mol. The lowest BCUT2D eigenvalue weighted by Gasteiger charge is -2.28. The van der Waals surface area contributed by atoms with Crippen molar-refractivity contribution in [3.63, 3.8) is 0 Å². The van der Waals surface area contributed by atoms with Crippen molar-refractivity contribution in [3.8, 4) is 16.9 Å². The zero-order valence-electron chi connectivity index (χ0n) is 12.9. The monoisotopic (exact) mass is 368 g/mol. The Morgan fingerprint density at radius 2 is 1.96 bits per heavy atom. The maximum atomic E-state index is 13.1. The normalized spacial score (nSPS) is 16.7. The van der Waals surface area contributed by atoms with Crippen molar-refractivity contribution in [2.24, 2.45) is 0 Å². The minimum absolute atomic E-state index is 0.0618. The van der Waals surface area contributed by atoms with Gasteiger partial charge in [-0.1, -0.05) is 41.4 Å². The van der Waals surface area contributed by atoms with Gasteiger partial charge in [-0.3, -0.25) is 0 Å². The van der Waals surface area contributed by atoms with Gasteiger partial charge in [-0.2, -0.15) is 13.2 Å². The summed E-state index contributed by atoms with van der Waals surface area (Å²) in [6, 6.07) is 9.95. The number of rotatable bonds is 2. The summed E-state index contributed by atoms with van der Waals surface area (Å²) >= 11 is 6.25. The summed E-state index contributed by atoms with van der Waals surface area (Å²) in [7, 11) is 0. The van der Waals surface area contributed by atoms with Gasteiger partial charge in [0.05, 0.1) is 5.57 Å². The van der Waals surface area contributed by atoms with Gasteiger partial charge < -0.3 is 9.84 Å². The van der Waals surface area contributed by atoms with Crippen molar-refractivity contribution >= 4 is 23.6 Å². The number of halogens is 4. The average molecular weight is 369 g/mol. The first-order valence-corrected chi connectivity index (χ1v) is 7.64. The fourth-order valence-corrected chi connectivity index (χ4v) is 3.03. The fourth-order valence-electron chi connectivity index (χ4n) is 2.75. The van der Waals surface area contributed by atoms with Crippen molar-refractivity contribution in [3.05, 3.63) is 58.1 Å². The molecule has 0 spiro atoms. The van der Waals surface area contributed by atoms with Crippen LogP contribution in [0.15, 0.2) is 42.0 Å². The van der Waals surface area contributed by atoms with Crippen LogP contribution in [0.2, 0.25) is 5.02 Å². The van der Waals surface area contributed by atoms with Crippen molar-refractivity contribution in [1.29, 1.82) is 0 Å². The van der Waals surface area contributed by atoms with E-state index < -0.39 is 23.8 Å². The standard InChI is InChI=1S/C18H12ClF3O3/c1-9-3-2-4-10(7-9)15-11-8-12(17(23)24)16(18(20,21)22)25-14(11)6-5-13(15)19/h2-8,16H,1H3,(H,23,24). The first-order chi connectivity index (χ1) is 11.7. The van der Waals surface area contributed by atoms with Crippen molar-refractivity contribution < 1.29 is 27.8 Å². The SMILES string of the molecule is Cc1cccc(-c2c(Cl)ccc3c2C=C(C(=O)O)C(C(F)(F)F)O3)c1. The molecule has 0 fully saturated rings. The third-order valence-electron chi connectivity index (χ3n) is 3.83. The molecule has 0 aliphatic carbocycles. The minimum atomic E-state index is -4.84. The van der Waals surface area contributed by atoms with E-state index in [-0.39, 0.29) is 11.3 Å². The molecule has 25 heavy (non-hydrogen) atoms. The molecule has 2 aromatic carbocycles. The number of aryl methyl sites for hydroxylation is 1. The van der Waals surface area contributed by atoms with Crippen LogP contribution in [0.25, 0.3) is 17.2 Å². The van der Waals surface area contributed by atoms with Gasteiger partial charge in [-0.25, -0.2) is 4.79 Å². The zero-order valence-corrected chi connectivity index (χ0v) is 13.7. The van der Waals surface area contributed by atoms with Crippen LogP contribution in [0.1, 0.15) is 11.1 Å². The molecular weight excluding hydrogens is 357 g/mol. The smallest absolute Gasteiger partial charge is 0.430 e. The molecule has 1 unspecified atom stereocenters. The highest BCUT2D eigenvalue weighted by molar-refractivity contribution is 6.34. The largest absolute Gasteiger partial charge is 0.478 e. The average Bonchev–Trinajstić information content (AvgIpc) is 2.52. The summed E-state index contributed by atoms with van der Waals surface area (Å²) in [6.07, 6.45) is -6.38. The summed E-state index contributed by atoms with van der Waals surface area (Å²) in [4.78, 5) is 11.3. The lowest BCUT2D eigenvalue weighted by Crippen LogP contribution is -2.40. The second-order valence-corrected chi connectivity index (χ2v) is 6.06. The lowest BCUT2D eigenvalue weighted by molar-refractivity contribution is -0.187. The molecule has 3 rings (SSSR count). The van der Waals surface area contributed by atoms with Gasteiger partial charge >= 0.3 is 12.1 Å². The van der Waals surface area contributed by atoms with E-state index in [1.165, 1.54) is 12.1 Å². The Labute approximate surface area is 146 Å². The van der Waals surface area contributed by atoms with E-state index in [1.807, 2.05) is 19.1 Å². The number of benzene rings is 2. The van der Waals surface area contributed by atoms with E-state index in [0.29, 0.717) is 16.1 Å². The van der Waals surface area contributed by atoms with Gasteiger partial charge in [0.25, 0.3) is 0 Å². The molecular formula is C18H12ClF3O3. The molecule has 1 heterocycles. The summed E-state index contributed by atoms with van der Waals surface area (Å²) in [5.74, 6) is -1.75. The molecule has 0 bridgehead atoms. The molecule has 0 amide bonds. The Kier molecular flexibility index (Phi) is 4.24. The summed E-state index contributed by atoms with van der Waals surface area (Å²) in [6.45, 7) is 1.86. The lowest BCUT2D eigenvalue weighted by atomic mass is 9.93. The molecule has 0 saturated carbocycles. The maximum Gasteiger partial charge on any atom is 0.430 e. The third-order valence-corrected chi connectivity index (χ3v) is 4.15. The van der Waals surface area contributed by atoms with Crippen LogP contribution in [-0.2, 0) is 4.79 Å². The van der Waals surface area contributed by atoms with Crippen LogP contribution in [0, 0.1) is 6.92 Å². The quantitative estimate of drug-likeness (QED) is 0.801. The molecule has 130 valence electrons. The van der Waals surface area contributed by atoms with Gasteiger partial charge in [-0.15, -0.1) is 0 Å². The van der Waals surface area contributed by atoms with E-state index in [1.54, 1.807) is 12.1 Å². The fraction of sp³-hybridized carbons (Fsp3) is 0.167. The Balaban J connectivity index is 2.25. The first-order valence-electron chi connectivity index (χ1n) is 7.26. The molecule has 1 aliphatic heterocycles. The molecule has 0 radical (unpaired) electrons. The summed E-state index contributed by atoms with van der Waals surface area (Å²) < 4.78 is 44.4. The Morgan fingerprint density at radius 3 is 2.56 bits per heavy atom. The number of ether oxygens (including phenoxy) is 1. The van der Waals surface area contributed by atoms with Crippen molar-refractivity contribution in [2.45, 2.75) is 19.2 Å². The number of fused-ring (bicyclic) bond motifs is 1. The van der Waals surface area contributed by atoms with Gasteiger partial charge in [0.1, 0.15) is 5.75 Å².